The summed E-state index contributed by atoms with van der Waals surface area (Å²) in [5.74, 6) is 2.62. The molecule has 82 valence electrons. The van der Waals surface area contributed by atoms with Crippen molar-refractivity contribution in [1.82, 2.24) is 4.90 Å². The van der Waals surface area contributed by atoms with Crippen LogP contribution in [0.1, 0.15) is 33.6 Å². The molecule has 1 atom stereocenters. The highest BCUT2D eigenvalue weighted by molar-refractivity contribution is 4.87. The highest BCUT2D eigenvalue weighted by Crippen LogP contribution is 2.20. The summed E-state index contributed by atoms with van der Waals surface area (Å²) in [5.41, 5.74) is 6.35. The molecule has 0 aliphatic carbocycles. The molecule has 0 saturated carbocycles. The van der Waals surface area contributed by atoms with E-state index in [4.69, 9.17) is 12.2 Å². The SMILES string of the molecule is C#CCN(C)CCC(N)CC(C)(C)C. The van der Waals surface area contributed by atoms with Crippen molar-refractivity contribution in [3.05, 3.63) is 0 Å². The molecule has 0 rings (SSSR count). The Bertz CT molecular complexity index is 185. The summed E-state index contributed by atoms with van der Waals surface area (Å²) in [7, 11) is 2.03. The second kappa shape index (κ2) is 6.06. The number of hydrogen-bond donors (Lipinski definition) is 1. The van der Waals surface area contributed by atoms with Crippen LogP contribution >= 0.6 is 0 Å². The second-order valence-electron chi connectivity index (χ2n) is 5.26. The van der Waals surface area contributed by atoms with Crippen LogP contribution in [0.4, 0.5) is 0 Å². The zero-order valence-corrected chi connectivity index (χ0v) is 10.0. The van der Waals surface area contributed by atoms with Crippen LogP contribution in [0.2, 0.25) is 0 Å². The summed E-state index contributed by atoms with van der Waals surface area (Å²) < 4.78 is 0. The summed E-state index contributed by atoms with van der Waals surface area (Å²) in [6.07, 6.45) is 7.30. The molecule has 0 amide bonds. The van der Waals surface area contributed by atoms with Crippen LogP contribution < -0.4 is 5.73 Å². The van der Waals surface area contributed by atoms with Crippen molar-refractivity contribution < 1.29 is 0 Å². The quantitative estimate of drug-likeness (QED) is 0.678. The van der Waals surface area contributed by atoms with Crippen molar-refractivity contribution >= 4 is 0 Å². The van der Waals surface area contributed by atoms with Crippen molar-refractivity contribution in [2.75, 3.05) is 20.1 Å². The van der Waals surface area contributed by atoms with Gasteiger partial charge in [-0.2, -0.15) is 0 Å². The van der Waals surface area contributed by atoms with E-state index in [1.165, 1.54) is 0 Å². The smallest absolute Gasteiger partial charge is 0.0596 e. The molecule has 0 spiro atoms. The third kappa shape index (κ3) is 8.10. The molecular weight excluding hydrogens is 172 g/mol. The normalized spacial score (nSPS) is 14.1. The highest BCUT2D eigenvalue weighted by Gasteiger charge is 2.15. The van der Waals surface area contributed by atoms with Crippen molar-refractivity contribution in [3.63, 3.8) is 0 Å². The van der Waals surface area contributed by atoms with E-state index in [1.54, 1.807) is 0 Å². The van der Waals surface area contributed by atoms with Gasteiger partial charge in [-0.15, -0.1) is 6.42 Å². The van der Waals surface area contributed by atoms with Crippen LogP contribution in [0.15, 0.2) is 0 Å². The van der Waals surface area contributed by atoms with Crippen LogP contribution in [0.25, 0.3) is 0 Å². The Kier molecular flexibility index (Phi) is 5.83. The maximum atomic E-state index is 6.03. The van der Waals surface area contributed by atoms with E-state index in [1.807, 2.05) is 7.05 Å². The minimum Gasteiger partial charge on any atom is -0.328 e. The fraction of sp³-hybridized carbons (Fsp3) is 0.833. The molecule has 0 radical (unpaired) electrons. The average Bonchev–Trinajstić information content (AvgIpc) is 1.98. The summed E-state index contributed by atoms with van der Waals surface area (Å²) in [4.78, 5) is 2.13. The van der Waals surface area contributed by atoms with E-state index in [2.05, 4.69) is 31.6 Å². The van der Waals surface area contributed by atoms with Crippen molar-refractivity contribution in [2.24, 2.45) is 11.1 Å². The predicted octanol–water partition coefficient (Wildman–Crippen LogP) is 1.70. The van der Waals surface area contributed by atoms with E-state index in [-0.39, 0.29) is 6.04 Å². The lowest BCUT2D eigenvalue weighted by Gasteiger charge is -2.24. The largest absolute Gasteiger partial charge is 0.328 e. The molecule has 1 unspecified atom stereocenters. The van der Waals surface area contributed by atoms with Crippen LogP contribution in [-0.4, -0.2) is 31.1 Å². The number of rotatable bonds is 5. The average molecular weight is 196 g/mol. The lowest BCUT2D eigenvalue weighted by molar-refractivity contribution is 0.297. The van der Waals surface area contributed by atoms with Gasteiger partial charge in [0.25, 0.3) is 0 Å². The molecule has 2 nitrogen and oxygen atoms in total. The molecule has 0 heterocycles. The van der Waals surface area contributed by atoms with E-state index in [0.29, 0.717) is 12.0 Å². The Balaban J connectivity index is 3.64. The fourth-order valence-electron chi connectivity index (χ4n) is 1.51. The fourth-order valence-corrected chi connectivity index (χ4v) is 1.51. The molecule has 0 aliphatic heterocycles. The molecule has 0 aromatic carbocycles. The van der Waals surface area contributed by atoms with Gasteiger partial charge in [-0.05, 0) is 25.3 Å². The molecule has 0 aliphatic rings. The van der Waals surface area contributed by atoms with E-state index in [9.17, 15) is 0 Å². The molecule has 14 heavy (non-hydrogen) atoms. The predicted molar refractivity (Wildman–Crippen MR) is 63.0 cm³/mol. The van der Waals surface area contributed by atoms with Gasteiger partial charge in [-0.1, -0.05) is 26.7 Å². The second-order valence-corrected chi connectivity index (χ2v) is 5.26. The lowest BCUT2D eigenvalue weighted by Crippen LogP contribution is -2.31. The maximum Gasteiger partial charge on any atom is 0.0596 e. The van der Waals surface area contributed by atoms with Gasteiger partial charge < -0.3 is 5.73 Å². The Morgan fingerprint density at radius 2 is 2.00 bits per heavy atom. The van der Waals surface area contributed by atoms with Gasteiger partial charge in [-0.25, -0.2) is 0 Å². The van der Waals surface area contributed by atoms with Crippen molar-refractivity contribution in [2.45, 2.75) is 39.7 Å². The molecule has 0 aromatic rings. The number of hydrogen-bond acceptors (Lipinski definition) is 2. The number of nitrogens with zero attached hydrogens (tertiary/aromatic N) is 1. The van der Waals surface area contributed by atoms with Gasteiger partial charge in [0.05, 0.1) is 6.54 Å². The Hall–Kier alpha value is -0.520. The molecule has 2 N–H and O–H groups in total. The van der Waals surface area contributed by atoms with Crippen LogP contribution in [0.5, 0.6) is 0 Å². The molecular formula is C12H24N2. The van der Waals surface area contributed by atoms with Crippen molar-refractivity contribution in [3.8, 4) is 12.3 Å². The van der Waals surface area contributed by atoms with Gasteiger partial charge >= 0.3 is 0 Å². The Morgan fingerprint density at radius 3 is 2.43 bits per heavy atom. The van der Waals surface area contributed by atoms with Crippen LogP contribution in [-0.2, 0) is 0 Å². The molecule has 0 saturated heterocycles. The molecule has 0 fully saturated rings. The Morgan fingerprint density at radius 1 is 1.43 bits per heavy atom. The highest BCUT2D eigenvalue weighted by atomic mass is 15.1. The third-order valence-corrected chi connectivity index (χ3v) is 2.12. The Labute approximate surface area is 88.9 Å². The zero-order chi connectivity index (χ0) is 11.2. The first-order chi connectivity index (χ1) is 6.35. The van der Waals surface area contributed by atoms with Gasteiger partial charge in [0.1, 0.15) is 0 Å². The van der Waals surface area contributed by atoms with Crippen LogP contribution in [0, 0.1) is 17.8 Å². The monoisotopic (exact) mass is 196 g/mol. The first kappa shape index (κ1) is 13.5. The van der Waals surface area contributed by atoms with E-state index < -0.39 is 0 Å². The first-order valence-electron chi connectivity index (χ1n) is 5.23. The van der Waals surface area contributed by atoms with Gasteiger partial charge in [0, 0.05) is 12.6 Å². The molecule has 0 bridgehead atoms. The van der Waals surface area contributed by atoms with Gasteiger partial charge in [-0.3, -0.25) is 4.90 Å². The third-order valence-electron chi connectivity index (χ3n) is 2.12. The van der Waals surface area contributed by atoms with Crippen molar-refractivity contribution in [1.29, 1.82) is 0 Å². The number of terminal acetylenes is 1. The minimum atomic E-state index is 0.287. The topological polar surface area (TPSA) is 29.3 Å². The zero-order valence-electron chi connectivity index (χ0n) is 10.0. The maximum absolute atomic E-state index is 6.03. The minimum absolute atomic E-state index is 0.287. The summed E-state index contributed by atoms with van der Waals surface area (Å²) >= 11 is 0. The number of nitrogens with two attached hydrogens (primary N) is 1. The summed E-state index contributed by atoms with van der Waals surface area (Å²) in [6, 6.07) is 0.287. The summed E-state index contributed by atoms with van der Waals surface area (Å²) in [6.45, 7) is 8.36. The van der Waals surface area contributed by atoms with Crippen LogP contribution in [0.3, 0.4) is 0 Å². The standard InChI is InChI=1S/C12H24N2/c1-6-8-14(5)9-7-11(13)10-12(2,3)4/h1,11H,7-10,13H2,2-5H3. The van der Waals surface area contributed by atoms with E-state index in [0.717, 1.165) is 19.4 Å². The van der Waals surface area contributed by atoms with Gasteiger partial charge in [0.2, 0.25) is 0 Å². The lowest BCUT2D eigenvalue weighted by atomic mass is 9.87. The molecule has 0 aromatic heterocycles. The summed E-state index contributed by atoms with van der Waals surface area (Å²) in [5, 5.41) is 0. The van der Waals surface area contributed by atoms with E-state index >= 15 is 0 Å². The first-order valence-corrected chi connectivity index (χ1v) is 5.23. The van der Waals surface area contributed by atoms with Gasteiger partial charge in [0.15, 0.2) is 0 Å². The molecule has 2 heteroatoms.